The van der Waals surface area contributed by atoms with Crippen molar-refractivity contribution in [3.63, 3.8) is 0 Å². The van der Waals surface area contributed by atoms with E-state index in [2.05, 4.69) is 15.6 Å². The van der Waals surface area contributed by atoms with Crippen LogP contribution in [0.2, 0.25) is 0 Å². The van der Waals surface area contributed by atoms with Gasteiger partial charge in [-0.25, -0.2) is 15.3 Å². The highest BCUT2D eigenvalue weighted by molar-refractivity contribution is 5.90. The fourth-order valence-corrected chi connectivity index (χ4v) is 2.89. The minimum atomic E-state index is -1.20. The van der Waals surface area contributed by atoms with E-state index in [0.29, 0.717) is 12.1 Å². The summed E-state index contributed by atoms with van der Waals surface area (Å²) in [6.45, 7) is 0.185. The molecule has 0 radical (unpaired) electrons. The average molecular weight is 466 g/mol. The second-order valence-corrected chi connectivity index (χ2v) is 7.16. The van der Waals surface area contributed by atoms with Crippen LogP contribution in [0.3, 0.4) is 0 Å². The van der Waals surface area contributed by atoms with Gasteiger partial charge in [0.15, 0.2) is 5.96 Å². The molecule has 182 valence electrons. The smallest absolute Gasteiger partial charge is 0.337 e. The number of esters is 1. The highest BCUT2D eigenvalue weighted by Crippen LogP contribution is 2.10. The molecule has 12 heteroatoms. The minimum Gasteiger partial charge on any atom is -0.481 e. The molecule has 33 heavy (non-hydrogen) atoms. The van der Waals surface area contributed by atoms with Gasteiger partial charge in [0.2, 0.25) is 5.91 Å². The van der Waals surface area contributed by atoms with Crippen molar-refractivity contribution < 1.29 is 34.2 Å². The molecule has 1 atom stereocenters. The summed E-state index contributed by atoms with van der Waals surface area (Å²) in [5.74, 6) is -3.01. The van der Waals surface area contributed by atoms with Crippen LogP contribution < -0.4 is 21.8 Å². The number of carbonyl (C=O) groups excluding carboxylic acids is 3. The van der Waals surface area contributed by atoms with Crippen LogP contribution in [0.4, 0.5) is 0 Å². The van der Waals surface area contributed by atoms with Crippen LogP contribution in [0.1, 0.15) is 48.0 Å². The number of aliphatic carboxylic acids is 1. The maximum atomic E-state index is 11.9. The maximum absolute atomic E-state index is 11.9. The Morgan fingerprint density at radius 2 is 1.94 bits per heavy atom. The lowest BCUT2D eigenvalue weighted by molar-refractivity contribution is -0.138. The van der Waals surface area contributed by atoms with Crippen LogP contribution in [0.15, 0.2) is 29.3 Å². The summed E-state index contributed by atoms with van der Waals surface area (Å²) in [5, 5.41) is 22.6. The summed E-state index contributed by atoms with van der Waals surface area (Å²) < 4.78 is 4.72. The Morgan fingerprint density at radius 1 is 1.18 bits per heavy atom. The SMILES string of the molecule is COC(=O)c1cccc(CCCCCNC(N)=NCC(=O)N[C@H](CCC(=O)O)C(=O)NO)c1. The highest BCUT2D eigenvalue weighted by Gasteiger charge is 2.21. The predicted molar refractivity (Wildman–Crippen MR) is 119 cm³/mol. The number of amides is 2. The number of benzene rings is 1. The van der Waals surface area contributed by atoms with E-state index in [1.807, 2.05) is 18.2 Å². The summed E-state index contributed by atoms with van der Waals surface area (Å²) in [6, 6.07) is 6.10. The Hall–Kier alpha value is -3.67. The molecule has 1 rings (SSSR count). The summed E-state index contributed by atoms with van der Waals surface area (Å²) in [7, 11) is 1.35. The van der Waals surface area contributed by atoms with Gasteiger partial charge in [-0.3, -0.25) is 19.6 Å². The highest BCUT2D eigenvalue weighted by atomic mass is 16.5. The third kappa shape index (κ3) is 11.5. The Balaban J connectivity index is 2.29. The number of hydrogen-bond donors (Lipinski definition) is 6. The lowest BCUT2D eigenvalue weighted by atomic mass is 10.0. The maximum Gasteiger partial charge on any atom is 0.337 e. The van der Waals surface area contributed by atoms with E-state index < -0.39 is 23.8 Å². The molecule has 0 saturated heterocycles. The van der Waals surface area contributed by atoms with Crippen molar-refractivity contribution in [1.29, 1.82) is 0 Å². The lowest BCUT2D eigenvalue weighted by Gasteiger charge is -2.15. The summed E-state index contributed by atoms with van der Waals surface area (Å²) in [4.78, 5) is 49.5. The normalized spacial score (nSPS) is 11.9. The number of nitrogens with one attached hydrogen (secondary N) is 3. The van der Waals surface area contributed by atoms with Crippen molar-refractivity contribution in [3.05, 3.63) is 35.4 Å². The van der Waals surface area contributed by atoms with E-state index in [1.165, 1.54) is 12.6 Å². The topological polar surface area (TPSA) is 192 Å². The fourth-order valence-electron chi connectivity index (χ4n) is 2.89. The van der Waals surface area contributed by atoms with Gasteiger partial charge in [-0.2, -0.15) is 0 Å². The van der Waals surface area contributed by atoms with Crippen LogP contribution in [-0.4, -0.2) is 66.3 Å². The number of ether oxygens (including phenoxy) is 1. The van der Waals surface area contributed by atoms with E-state index in [1.54, 1.807) is 6.07 Å². The van der Waals surface area contributed by atoms with E-state index >= 15 is 0 Å². The first kappa shape index (κ1) is 27.4. The summed E-state index contributed by atoms with van der Waals surface area (Å²) in [5.41, 5.74) is 8.68. The second kappa shape index (κ2) is 15.2. The average Bonchev–Trinajstić information content (AvgIpc) is 2.81. The Bertz CT molecular complexity index is 844. The zero-order valence-electron chi connectivity index (χ0n) is 18.5. The molecule has 0 unspecified atom stereocenters. The summed E-state index contributed by atoms with van der Waals surface area (Å²) >= 11 is 0. The molecule has 0 fully saturated rings. The Kier molecular flexibility index (Phi) is 12.6. The fraction of sp³-hybridized carbons (Fsp3) is 0.476. The molecule has 0 aliphatic heterocycles. The summed E-state index contributed by atoms with van der Waals surface area (Å²) in [6.07, 6.45) is 2.91. The number of unbranched alkanes of at least 4 members (excludes halogenated alkanes) is 2. The molecule has 0 aliphatic carbocycles. The number of guanidine groups is 1. The van der Waals surface area contributed by atoms with Crippen LogP contribution in [0, 0.1) is 0 Å². The number of methoxy groups -OCH3 is 1. The molecule has 0 spiro atoms. The van der Waals surface area contributed by atoms with Gasteiger partial charge in [-0.1, -0.05) is 18.6 Å². The molecule has 1 aromatic rings. The van der Waals surface area contributed by atoms with Gasteiger partial charge in [0.25, 0.3) is 5.91 Å². The zero-order valence-corrected chi connectivity index (χ0v) is 18.5. The molecule has 0 saturated carbocycles. The molecule has 2 amide bonds. The van der Waals surface area contributed by atoms with Crippen molar-refractivity contribution in [1.82, 2.24) is 16.1 Å². The lowest BCUT2D eigenvalue weighted by Crippen LogP contribution is -2.47. The van der Waals surface area contributed by atoms with Gasteiger partial charge in [0.1, 0.15) is 12.6 Å². The Morgan fingerprint density at radius 3 is 2.61 bits per heavy atom. The van der Waals surface area contributed by atoms with E-state index in [9.17, 15) is 19.2 Å². The van der Waals surface area contributed by atoms with Gasteiger partial charge < -0.3 is 26.2 Å². The van der Waals surface area contributed by atoms with Crippen LogP contribution in [-0.2, 0) is 25.5 Å². The third-order valence-corrected chi connectivity index (χ3v) is 4.60. The zero-order chi connectivity index (χ0) is 24.6. The molecule has 1 aromatic carbocycles. The standard InChI is InChI=1S/C21H31N5O7/c1-33-20(31)15-8-5-7-14(12-15)6-3-2-4-11-23-21(22)24-13-17(27)25-16(19(30)26-32)9-10-18(28)29/h5,7-8,12,16,32H,2-4,6,9-11,13H2,1H3,(H,25,27)(H,26,30)(H,28,29)(H3,22,23,24)/t16-/m1/s1. The minimum absolute atomic E-state index is 0.0598. The number of hydroxylamine groups is 1. The van der Waals surface area contributed by atoms with Gasteiger partial charge >= 0.3 is 11.9 Å². The molecule has 0 bridgehead atoms. The molecule has 0 aromatic heterocycles. The van der Waals surface area contributed by atoms with E-state index in [4.69, 9.17) is 20.8 Å². The van der Waals surface area contributed by atoms with Crippen molar-refractivity contribution in [2.45, 2.75) is 44.6 Å². The number of carbonyl (C=O) groups is 4. The quantitative estimate of drug-likeness (QED) is 0.0545. The number of carboxylic acids is 1. The van der Waals surface area contributed by atoms with E-state index in [-0.39, 0.29) is 31.3 Å². The number of nitrogens with two attached hydrogens (primary N) is 1. The molecule has 0 heterocycles. The number of rotatable bonds is 14. The van der Waals surface area contributed by atoms with Gasteiger partial charge in [0.05, 0.1) is 12.7 Å². The van der Waals surface area contributed by atoms with Gasteiger partial charge in [-0.05, 0) is 43.4 Å². The first-order chi connectivity index (χ1) is 15.8. The number of aryl methyl sites for hydroxylation is 1. The first-order valence-electron chi connectivity index (χ1n) is 10.4. The van der Waals surface area contributed by atoms with Gasteiger partial charge in [0, 0.05) is 13.0 Å². The van der Waals surface area contributed by atoms with Crippen molar-refractivity contribution in [3.8, 4) is 0 Å². The number of carboxylic acid groups (broad SMARTS) is 1. The molecule has 7 N–H and O–H groups in total. The molecule has 12 nitrogen and oxygen atoms in total. The van der Waals surface area contributed by atoms with Crippen molar-refractivity contribution in [2.24, 2.45) is 10.7 Å². The largest absolute Gasteiger partial charge is 0.481 e. The number of nitrogens with zero attached hydrogens (tertiary/aromatic N) is 1. The second-order valence-electron chi connectivity index (χ2n) is 7.16. The third-order valence-electron chi connectivity index (χ3n) is 4.60. The van der Waals surface area contributed by atoms with Crippen molar-refractivity contribution in [2.75, 3.05) is 20.2 Å². The first-order valence-corrected chi connectivity index (χ1v) is 10.4. The number of hydrogen-bond acceptors (Lipinski definition) is 7. The van der Waals surface area contributed by atoms with Crippen molar-refractivity contribution >= 4 is 29.7 Å². The molecular weight excluding hydrogens is 434 g/mol. The van der Waals surface area contributed by atoms with E-state index in [0.717, 1.165) is 31.2 Å². The number of aliphatic imine (C=N–C) groups is 1. The van der Waals surface area contributed by atoms with Crippen LogP contribution in [0.25, 0.3) is 0 Å². The predicted octanol–water partition coefficient (Wildman–Crippen LogP) is -0.0547. The monoisotopic (exact) mass is 465 g/mol. The molecular formula is C21H31N5O7. The molecule has 0 aliphatic rings. The Labute approximate surface area is 191 Å². The van der Waals surface area contributed by atoms with Crippen LogP contribution >= 0.6 is 0 Å². The van der Waals surface area contributed by atoms with Crippen LogP contribution in [0.5, 0.6) is 0 Å². The van der Waals surface area contributed by atoms with Gasteiger partial charge in [-0.15, -0.1) is 0 Å².